The van der Waals surface area contributed by atoms with E-state index in [0.717, 1.165) is 11.1 Å². The lowest BCUT2D eigenvalue weighted by molar-refractivity contribution is -0.153. The predicted octanol–water partition coefficient (Wildman–Crippen LogP) is 2.32. The van der Waals surface area contributed by atoms with Gasteiger partial charge in [-0.05, 0) is 24.5 Å². The largest absolute Gasteiger partial charge is 0.481 e. The summed E-state index contributed by atoms with van der Waals surface area (Å²) >= 11 is 0. The Bertz CT molecular complexity index is 520. The maximum Gasteiger partial charge on any atom is 0.310 e. The minimum atomic E-state index is -0.785. The third-order valence-electron chi connectivity index (χ3n) is 4.43. The number of Topliss-reactive ketones (excluding diaryl/α,β-unsaturated/α-hetero) is 1. The van der Waals surface area contributed by atoms with Crippen molar-refractivity contribution >= 4 is 11.8 Å². The van der Waals surface area contributed by atoms with E-state index >= 15 is 0 Å². The molecule has 0 radical (unpaired) electrons. The first-order chi connectivity index (χ1) is 8.04. The van der Waals surface area contributed by atoms with E-state index < -0.39 is 11.4 Å². The van der Waals surface area contributed by atoms with E-state index in [0.29, 0.717) is 12.8 Å². The number of carbonyl (C=O) groups is 2. The highest BCUT2D eigenvalue weighted by Gasteiger charge is 2.54. The summed E-state index contributed by atoms with van der Waals surface area (Å²) < 4.78 is 0. The summed E-state index contributed by atoms with van der Waals surface area (Å²) in [4.78, 5) is 23.4. The first-order valence-electron chi connectivity index (χ1n) is 5.89. The Morgan fingerprint density at radius 1 is 1.35 bits per heavy atom. The van der Waals surface area contributed by atoms with Crippen molar-refractivity contribution in [1.29, 1.82) is 0 Å². The van der Waals surface area contributed by atoms with Crippen molar-refractivity contribution in [3.05, 3.63) is 35.4 Å². The molecule has 1 aromatic rings. The molecule has 0 amide bonds. The molecular formula is C14H14O3. The van der Waals surface area contributed by atoms with Crippen molar-refractivity contribution in [2.75, 3.05) is 0 Å². The van der Waals surface area contributed by atoms with Crippen LogP contribution in [0.1, 0.15) is 42.7 Å². The van der Waals surface area contributed by atoms with Crippen LogP contribution in [0.5, 0.6) is 0 Å². The number of carboxylic acid groups (broad SMARTS) is 1. The van der Waals surface area contributed by atoms with E-state index in [4.69, 9.17) is 0 Å². The first-order valence-corrected chi connectivity index (χ1v) is 5.89. The maximum absolute atomic E-state index is 11.9. The summed E-state index contributed by atoms with van der Waals surface area (Å²) in [6, 6.07) is 7.78. The van der Waals surface area contributed by atoms with Crippen molar-refractivity contribution < 1.29 is 14.7 Å². The molecule has 1 aromatic carbocycles. The molecule has 1 N–H and O–H groups in total. The Kier molecular flexibility index (Phi) is 1.97. The van der Waals surface area contributed by atoms with Crippen LogP contribution in [0.3, 0.4) is 0 Å². The van der Waals surface area contributed by atoms with Crippen LogP contribution < -0.4 is 0 Å². The van der Waals surface area contributed by atoms with Gasteiger partial charge in [-0.3, -0.25) is 9.59 Å². The molecule has 4 rings (SSSR count). The van der Waals surface area contributed by atoms with E-state index in [9.17, 15) is 14.7 Å². The number of aliphatic carboxylic acids is 1. The van der Waals surface area contributed by atoms with Crippen LogP contribution in [-0.2, 0) is 9.59 Å². The molecule has 0 heterocycles. The van der Waals surface area contributed by atoms with Crippen LogP contribution in [0, 0.1) is 5.41 Å². The van der Waals surface area contributed by atoms with Gasteiger partial charge < -0.3 is 5.11 Å². The zero-order valence-corrected chi connectivity index (χ0v) is 9.64. The molecule has 1 fully saturated rings. The van der Waals surface area contributed by atoms with Crippen LogP contribution in [-0.4, -0.2) is 16.9 Å². The molecule has 3 atom stereocenters. The molecule has 1 saturated carbocycles. The molecule has 3 heteroatoms. The number of benzene rings is 1. The predicted molar refractivity (Wildman–Crippen MR) is 61.9 cm³/mol. The van der Waals surface area contributed by atoms with Gasteiger partial charge in [-0.2, -0.15) is 0 Å². The third kappa shape index (κ3) is 1.22. The zero-order chi connectivity index (χ0) is 12.2. The second kappa shape index (κ2) is 3.19. The molecule has 3 aliphatic carbocycles. The fourth-order valence-electron chi connectivity index (χ4n) is 3.37. The van der Waals surface area contributed by atoms with Gasteiger partial charge in [0, 0.05) is 18.3 Å². The average molecular weight is 230 g/mol. The lowest BCUT2D eigenvalue weighted by Gasteiger charge is -2.47. The number of fused-ring (bicyclic) bond motifs is 2. The van der Waals surface area contributed by atoms with Gasteiger partial charge in [-0.25, -0.2) is 0 Å². The average Bonchev–Trinajstić information content (AvgIpc) is 2.31. The standard InChI is InChI=1S/C14H14O3/c1-14(13(16)17)7-10-8-4-2-3-5-9(8)11(14)6-12(10)15/h2-5,10-11H,6-7H2,1H3,(H,16,17). The van der Waals surface area contributed by atoms with E-state index in [-0.39, 0.29) is 17.6 Å². The Hall–Kier alpha value is -1.64. The van der Waals surface area contributed by atoms with Gasteiger partial charge in [0.2, 0.25) is 0 Å². The van der Waals surface area contributed by atoms with Gasteiger partial charge >= 0.3 is 5.97 Å². The smallest absolute Gasteiger partial charge is 0.310 e. The Morgan fingerprint density at radius 2 is 2.00 bits per heavy atom. The van der Waals surface area contributed by atoms with Crippen LogP contribution >= 0.6 is 0 Å². The SMILES string of the molecule is CC1(C(=O)O)CC2C(=O)CC1c1ccccc12. The van der Waals surface area contributed by atoms with Crippen LogP contribution in [0.15, 0.2) is 24.3 Å². The third-order valence-corrected chi connectivity index (χ3v) is 4.43. The summed E-state index contributed by atoms with van der Waals surface area (Å²) in [6.45, 7) is 1.77. The summed E-state index contributed by atoms with van der Waals surface area (Å²) in [5.74, 6) is -0.951. The number of hydrogen-bond acceptors (Lipinski definition) is 2. The van der Waals surface area contributed by atoms with Crippen LogP contribution in [0.25, 0.3) is 0 Å². The second-order valence-electron chi connectivity index (χ2n) is 5.33. The molecule has 17 heavy (non-hydrogen) atoms. The van der Waals surface area contributed by atoms with Gasteiger partial charge in [-0.1, -0.05) is 24.3 Å². The number of carbonyl (C=O) groups excluding carboxylic acids is 1. The highest BCUT2D eigenvalue weighted by atomic mass is 16.4. The Labute approximate surface area is 99.5 Å². The monoisotopic (exact) mass is 230 g/mol. The maximum atomic E-state index is 11.9. The highest BCUT2D eigenvalue weighted by Crippen LogP contribution is 2.57. The minimum absolute atomic E-state index is 0.159. The molecule has 88 valence electrons. The molecule has 2 bridgehead atoms. The highest BCUT2D eigenvalue weighted by molar-refractivity contribution is 5.93. The number of rotatable bonds is 1. The first kappa shape index (κ1) is 10.5. The van der Waals surface area contributed by atoms with E-state index in [1.54, 1.807) is 6.92 Å². The molecule has 0 aromatic heterocycles. The molecule has 3 unspecified atom stereocenters. The number of ketones is 1. The Balaban J connectivity index is 2.20. The topological polar surface area (TPSA) is 54.4 Å². The lowest BCUT2D eigenvalue weighted by Crippen LogP contribution is -2.47. The minimum Gasteiger partial charge on any atom is -0.481 e. The van der Waals surface area contributed by atoms with Crippen LogP contribution in [0.4, 0.5) is 0 Å². The van der Waals surface area contributed by atoms with Gasteiger partial charge in [0.25, 0.3) is 0 Å². The van der Waals surface area contributed by atoms with E-state index in [1.807, 2.05) is 24.3 Å². The molecule has 3 nitrogen and oxygen atoms in total. The Morgan fingerprint density at radius 3 is 2.65 bits per heavy atom. The van der Waals surface area contributed by atoms with Crippen molar-refractivity contribution in [2.45, 2.75) is 31.6 Å². The van der Waals surface area contributed by atoms with Crippen LogP contribution in [0.2, 0.25) is 0 Å². The second-order valence-corrected chi connectivity index (χ2v) is 5.33. The van der Waals surface area contributed by atoms with Crippen molar-refractivity contribution in [3.63, 3.8) is 0 Å². The fraction of sp³-hybridized carbons (Fsp3) is 0.429. The molecule has 0 aliphatic heterocycles. The molecular weight excluding hydrogens is 216 g/mol. The zero-order valence-electron chi connectivity index (χ0n) is 9.64. The summed E-state index contributed by atoms with van der Waals surface area (Å²) in [6.07, 6.45) is 0.827. The molecule has 3 aliphatic rings. The number of carboxylic acids is 1. The molecule has 0 saturated heterocycles. The quantitative estimate of drug-likeness (QED) is 0.805. The van der Waals surface area contributed by atoms with Crippen molar-refractivity contribution in [2.24, 2.45) is 5.41 Å². The van der Waals surface area contributed by atoms with Crippen molar-refractivity contribution in [3.8, 4) is 0 Å². The summed E-state index contributed by atoms with van der Waals surface area (Å²) in [5.41, 5.74) is 1.33. The van der Waals surface area contributed by atoms with E-state index in [2.05, 4.69) is 0 Å². The van der Waals surface area contributed by atoms with Crippen molar-refractivity contribution in [1.82, 2.24) is 0 Å². The fourth-order valence-corrected chi connectivity index (χ4v) is 3.37. The normalized spacial score (nSPS) is 34.5. The number of hydrogen-bond donors (Lipinski definition) is 1. The van der Waals surface area contributed by atoms with Gasteiger partial charge in [-0.15, -0.1) is 0 Å². The van der Waals surface area contributed by atoms with E-state index in [1.165, 1.54) is 0 Å². The van der Waals surface area contributed by atoms with Gasteiger partial charge in [0.05, 0.1) is 5.41 Å². The lowest BCUT2D eigenvalue weighted by atomic mass is 9.54. The summed E-state index contributed by atoms with van der Waals surface area (Å²) in [7, 11) is 0. The van der Waals surface area contributed by atoms with Gasteiger partial charge in [0.1, 0.15) is 5.78 Å². The summed E-state index contributed by atoms with van der Waals surface area (Å²) in [5, 5.41) is 9.42. The van der Waals surface area contributed by atoms with Gasteiger partial charge in [0.15, 0.2) is 0 Å². The molecule has 0 spiro atoms.